The molecule has 0 aliphatic heterocycles. The fourth-order valence-corrected chi connectivity index (χ4v) is 1.10. The molecule has 1 aromatic carbocycles. The molecule has 0 bridgehead atoms. The third-order valence-corrected chi connectivity index (χ3v) is 1.79. The van der Waals surface area contributed by atoms with Crippen molar-refractivity contribution < 1.29 is 4.39 Å². The van der Waals surface area contributed by atoms with Gasteiger partial charge >= 0.3 is 0 Å². The van der Waals surface area contributed by atoms with Crippen molar-refractivity contribution in [2.45, 2.75) is 19.3 Å². The van der Waals surface area contributed by atoms with Crippen LogP contribution in [0.4, 0.5) is 4.39 Å². The van der Waals surface area contributed by atoms with Gasteiger partial charge in [-0.15, -0.1) is 6.58 Å². The lowest BCUT2D eigenvalue weighted by Gasteiger charge is -1.98. The van der Waals surface area contributed by atoms with E-state index in [1.165, 1.54) is 17.7 Å². The molecule has 0 spiro atoms. The highest BCUT2D eigenvalue weighted by atomic mass is 19.1. The van der Waals surface area contributed by atoms with Gasteiger partial charge in [0.1, 0.15) is 5.82 Å². The molecule has 0 unspecified atom stereocenters. The van der Waals surface area contributed by atoms with Crippen LogP contribution in [-0.2, 0) is 6.42 Å². The molecule has 0 aromatic heterocycles. The van der Waals surface area contributed by atoms with Gasteiger partial charge in [-0.1, -0.05) is 18.2 Å². The Hall–Kier alpha value is -1.11. The van der Waals surface area contributed by atoms with Gasteiger partial charge in [0.2, 0.25) is 0 Å². The minimum atomic E-state index is -0.164. The molecule has 0 saturated heterocycles. The molecule has 0 heterocycles. The van der Waals surface area contributed by atoms with Crippen LogP contribution in [0.5, 0.6) is 0 Å². The lowest BCUT2D eigenvalue weighted by Crippen LogP contribution is -1.84. The first-order valence-corrected chi connectivity index (χ1v) is 4.18. The molecular formula is C11H13F. The van der Waals surface area contributed by atoms with E-state index in [0.717, 1.165) is 19.3 Å². The third kappa shape index (κ3) is 2.87. The van der Waals surface area contributed by atoms with Crippen molar-refractivity contribution in [1.29, 1.82) is 0 Å². The summed E-state index contributed by atoms with van der Waals surface area (Å²) in [7, 11) is 0. The van der Waals surface area contributed by atoms with E-state index in [0.29, 0.717) is 0 Å². The molecule has 1 heteroatoms. The first-order valence-electron chi connectivity index (χ1n) is 4.18. The molecule has 0 fully saturated rings. The van der Waals surface area contributed by atoms with Crippen molar-refractivity contribution in [2.75, 3.05) is 0 Å². The average molecular weight is 164 g/mol. The van der Waals surface area contributed by atoms with Crippen molar-refractivity contribution in [3.8, 4) is 0 Å². The van der Waals surface area contributed by atoms with E-state index < -0.39 is 0 Å². The molecule has 0 saturated carbocycles. The summed E-state index contributed by atoms with van der Waals surface area (Å²) in [6.45, 7) is 3.65. The molecule has 0 aliphatic rings. The van der Waals surface area contributed by atoms with Gasteiger partial charge in [0.25, 0.3) is 0 Å². The topological polar surface area (TPSA) is 0 Å². The van der Waals surface area contributed by atoms with Crippen molar-refractivity contribution >= 4 is 0 Å². The minimum absolute atomic E-state index is 0.164. The van der Waals surface area contributed by atoms with Crippen LogP contribution in [0.3, 0.4) is 0 Å². The summed E-state index contributed by atoms with van der Waals surface area (Å²) in [6, 6.07) is 6.67. The number of rotatable bonds is 4. The molecule has 0 atom stereocenters. The lowest BCUT2D eigenvalue weighted by atomic mass is 10.1. The normalized spacial score (nSPS) is 9.75. The maximum absolute atomic E-state index is 12.5. The van der Waals surface area contributed by atoms with Crippen LogP contribution in [-0.4, -0.2) is 0 Å². The van der Waals surface area contributed by atoms with Crippen molar-refractivity contribution in [2.24, 2.45) is 0 Å². The Kier molecular flexibility index (Phi) is 3.52. The van der Waals surface area contributed by atoms with Gasteiger partial charge in [-0.3, -0.25) is 0 Å². The number of benzene rings is 1. The number of hydrogen-bond acceptors (Lipinski definition) is 0. The summed E-state index contributed by atoms with van der Waals surface area (Å²) < 4.78 is 12.5. The molecule has 0 N–H and O–H groups in total. The molecule has 0 aliphatic carbocycles. The van der Waals surface area contributed by atoms with Crippen LogP contribution in [0.25, 0.3) is 0 Å². The predicted octanol–water partition coefficient (Wildman–Crippen LogP) is 3.33. The highest BCUT2D eigenvalue weighted by Gasteiger charge is 1.92. The number of unbranched alkanes of at least 4 members (excludes halogenated alkanes) is 1. The number of aryl methyl sites for hydroxylation is 1. The second-order valence-corrected chi connectivity index (χ2v) is 2.81. The van der Waals surface area contributed by atoms with Crippen LogP contribution in [0.2, 0.25) is 0 Å². The largest absolute Gasteiger partial charge is 0.207 e. The zero-order chi connectivity index (χ0) is 8.81. The van der Waals surface area contributed by atoms with Gasteiger partial charge in [-0.05, 0) is 37.0 Å². The Labute approximate surface area is 72.7 Å². The van der Waals surface area contributed by atoms with Crippen molar-refractivity contribution in [3.63, 3.8) is 0 Å². The van der Waals surface area contributed by atoms with E-state index in [-0.39, 0.29) is 5.82 Å². The van der Waals surface area contributed by atoms with E-state index >= 15 is 0 Å². The van der Waals surface area contributed by atoms with Crippen LogP contribution in [0.1, 0.15) is 18.4 Å². The fourth-order valence-electron chi connectivity index (χ4n) is 1.10. The highest BCUT2D eigenvalue weighted by molar-refractivity contribution is 5.15. The Balaban J connectivity index is 2.42. The van der Waals surface area contributed by atoms with Crippen LogP contribution in [0, 0.1) is 5.82 Å². The fraction of sp³-hybridized carbons (Fsp3) is 0.273. The Morgan fingerprint density at radius 3 is 2.50 bits per heavy atom. The van der Waals surface area contributed by atoms with E-state index in [1.54, 1.807) is 0 Å². The maximum atomic E-state index is 12.5. The maximum Gasteiger partial charge on any atom is 0.123 e. The number of halogens is 1. The van der Waals surface area contributed by atoms with E-state index in [1.807, 2.05) is 18.2 Å². The predicted molar refractivity (Wildman–Crippen MR) is 49.5 cm³/mol. The highest BCUT2D eigenvalue weighted by Crippen LogP contribution is 2.06. The third-order valence-electron chi connectivity index (χ3n) is 1.79. The van der Waals surface area contributed by atoms with Gasteiger partial charge in [0, 0.05) is 0 Å². The van der Waals surface area contributed by atoms with E-state index in [9.17, 15) is 4.39 Å². The van der Waals surface area contributed by atoms with Gasteiger partial charge in [0.05, 0.1) is 0 Å². The standard InChI is InChI=1S/C11H13F/c1-2-3-4-5-10-6-8-11(12)9-7-10/h2,6-9H,1,3-5H2. The second-order valence-electron chi connectivity index (χ2n) is 2.81. The van der Waals surface area contributed by atoms with Crippen molar-refractivity contribution in [1.82, 2.24) is 0 Å². The molecule has 0 radical (unpaired) electrons. The first kappa shape index (κ1) is 8.98. The smallest absolute Gasteiger partial charge is 0.123 e. The lowest BCUT2D eigenvalue weighted by molar-refractivity contribution is 0.626. The summed E-state index contributed by atoms with van der Waals surface area (Å²) in [5, 5.41) is 0. The summed E-state index contributed by atoms with van der Waals surface area (Å²) in [5.74, 6) is -0.164. The average Bonchev–Trinajstić information content (AvgIpc) is 2.09. The Morgan fingerprint density at radius 2 is 1.92 bits per heavy atom. The van der Waals surface area contributed by atoms with E-state index in [4.69, 9.17) is 0 Å². The molecular weight excluding hydrogens is 151 g/mol. The number of allylic oxidation sites excluding steroid dienone is 1. The Bertz CT molecular complexity index is 236. The molecule has 0 nitrogen and oxygen atoms in total. The number of hydrogen-bond donors (Lipinski definition) is 0. The zero-order valence-electron chi connectivity index (χ0n) is 7.09. The SMILES string of the molecule is C=CCCCc1ccc(F)cc1. The van der Waals surface area contributed by atoms with Crippen LogP contribution in [0.15, 0.2) is 36.9 Å². The van der Waals surface area contributed by atoms with Crippen LogP contribution >= 0.6 is 0 Å². The van der Waals surface area contributed by atoms with E-state index in [2.05, 4.69) is 6.58 Å². The zero-order valence-corrected chi connectivity index (χ0v) is 7.09. The van der Waals surface area contributed by atoms with Gasteiger partial charge < -0.3 is 0 Å². The van der Waals surface area contributed by atoms with Gasteiger partial charge in [-0.25, -0.2) is 4.39 Å². The first-order chi connectivity index (χ1) is 5.83. The molecule has 1 rings (SSSR count). The second kappa shape index (κ2) is 4.70. The van der Waals surface area contributed by atoms with Crippen LogP contribution < -0.4 is 0 Å². The molecule has 0 amide bonds. The molecule has 12 heavy (non-hydrogen) atoms. The Morgan fingerprint density at radius 1 is 1.25 bits per heavy atom. The van der Waals surface area contributed by atoms with Crippen molar-refractivity contribution in [3.05, 3.63) is 48.3 Å². The monoisotopic (exact) mass is 164 g/mol. The summed E-state index contributed by atoms with van der Waals surface area (Å²) in [6.07, 6.45) is 5.03. The van der Waals surface area contributed by atoms with Gasteiger partial charge in [0.15, 0.2) is 0 Å². The summed E-state index contributed by atoms with van der Waals surface area (Å²) in [4.78, 5) is 0. The quantitative estimate of drug-likeness (QED) is 0.473. The minimum Gasteiger partial charge on any atom is -0.207 e. The molecule has 64 valence electrons. The van der Waals surface area contributed by atoms with Gasteiger partial charge in [-0.2, -0.15) is 0 Å². The molecule has 1 aromatic rings. The summed E-state index contributed by atoms with van der Waals surface area (Å²) in [5.41, 5.74) is 1.19. The summed E-state index contributed by atoms with van der Waals surface area (Å²) >= 11 is 0.